The lowest BCUT2D eigenvalue weighted by atomic mass is 9.94. The Kier molecular flexibility index (Phi) is 4.83. The molecule has 0 spiro atoms. The van der Waals surface area contributed by atoms with Gasteiger partial charge in [-0.25, -0.2) is 0 Å². The number of hydrogen-bond donors (Lipinski definition) is 1. The molecule has 3 unspecified atom stereocenters. The third kappa shape index (κ3) is 3.94. The van der Waals surface area contributed by atoms with Gasteiger partial charge < -0.3 is 15.1 Å². The van der Waals surface area contributed by atoms with Crippen LogP contribution >= 0.6 is 0 Å². The van der Waals surface area contributed by atoms with Gasteiger partial charge >= 0.3 is 0 Å². The molecule has 0 saturated carbocycles. The zero-order chi connectivity index (χ0) is 12.3. The molecule has 3 heteroatoms. The summed E-state index contributed by atoms with van der Waals surface area (Å²) in [6.45, 7) is 7.34. The summed E-state index contributed by atoms with van der Waals surface area (Å²) in [6.07, 6.45) is 5.47. The maximum absolute atomic E-state index is 3.66. The summed E-state index contributed by atoms with van der Waals surface area (Å²) in [5.74, 6) is 0.906. The minimum absolute atomic E-state index is 0.718. The predicted molar refractivity (Wildman–Crippen MR) is 73.3 cm³/mol. The Hall–Kier alpha value is -0.120. The Morgan fingerprint density at radius 1 is 1.29 bits per heavy atom. The largest absolute Gasteiger partial charge is 0.313 e. The summed E-state index contributed by atoms with van der Waals surface area (Å²) in [6, 6.07) is 1.51. The molecule has 0 amide bonds. The van der Waals surface area contributed by atoms with Crippen LogP contribution in [0.5, 0.6) is 0 Å². The summed E-state index contributed by atoms with van der Waals surface area (Å²) in [4.78, 5) is 5.05. The lowest BCUT2D eigenvalue weighted by Gasteiger charge is -2.33. The van der Waals surface area contributed by atoms with Crippen molar-refractivity contribution >= 4 is 0 Å². The van der Waals surface area contributed by atoms with Gasteiger partial charge in [0.1, 0.15) is 0 Å². The van der Waals surface area contributed by atoms with E-state index in [0.717, 1.165) is 18.0 Å². The van der Waals surface area contributed by atoms with E-state index in [2.05, 4.69) is 36.1 Å². The summed E-state index contributed by atoms with van der Waals surface area (Å²) in [5.41, 5.74) is 0. The maximum atomic E-state index is 3.66. The van der Waals surface area contributed by atoms with Crippen LogP contribution in [0.15, 0.2) is 0 Å². The van der Waals surface area contributed by atoms with E-state index >= 15 is 0 Å². The van der Waals surface area contributed by atoms with Crippen molar-refractivity contribution in [3.8, 4) is 0 Å². The van der Waals surface area contributed by atoms with E-state index in [1.165, 1.54) is 51.9 Å². The van der Waals surface area contributed by atoms with E-state index < -0.39 is 0 Å². The highest BCUT2D eigenvalue weighted by atomic mass is 15.2. The minimum Gasteiger partial charge on any atom is -0.313 e. The topological polar surface area (TPSA) is 18.5 Å². The van der Waals surface area contributed by atoms with E-state index in [0.29, 0.717) is 0 Å². The molecule has 1 N–H and O–H groups in total. The number of likely N-dealkylation sites (N-methyl/N-ethyl adjacent to an activating group) is 2. The van der Waals surface area contributed by atoms with Crippen molar-refractivity contribution in [3.63, 3.8) is 0 Å². The average molecular weight is 239 g/mol. The monoisotopic (exact) mass is 239 g/mol. The number of likely N-dealkylation sites (tertiary alicyclic amines) is 1. The normalized spacial score (nSPS) is 35.6. The summed E-state index contributed by atoms with van der Waals surface area (Å²) in [7, 11) is 4.56. The van der Waals surface area contributed by atoms with E-state index in [1.807, 2.05) is 0 Å². The van der Waals surface area contributed by atoms with Crippen LogP contribution in [0.4, 0.5) is 0 Å². The molecule has 2 saturated heterocycles. The van der Waals surface area contributed by atoms with Crippen molar-refractivity contribution in [1.29, 1.82) is 0 Å². The number of rotatable bonds is 4. The smallest absolute Gasteiger partial charge is 0.0220 e. The van der Waals surface area contributed by atoms with Crippen molar-refractivity contribution in [2.45, 2.75) is 44.7 Å². The van der Waals surface area contributed by atoms with Crippen molar-refractivity contribution in [1.82, 2.24) is 15.1 Å². The van der Waals surface area contributed by atoms with Gasteiger partial charge in [0.05, 0.1) is 0 Å². The molecule has 2 heterocycles. The molecule has 2 rings (SSSR count). The second-order valence-electron chi connectivity index (χ2n) is 6.28. The van der Waals surface area contributed by atoms with Gasteiger partial charge in [-0.3, -0.25) is 0 Å². The van der Waals surface area contributed by atoms with Crippen LogP contribution in [0.1, 0.15) is 32.6 Å². The lowest BCUT2D eigenvalue weighted by molar-refractivity contribution is 0.187. The number of piperidine rings is 1. The Morgan fingerprint density at radius 3 is 2.76 bits per heavy atom. The van der Waals surface area contributed by atoms with Gasteiger partial charge in [-0.1, -0.05) is 6.92 Å². The third-order valence-electron chi connectivity index (χ3n) is 4.48. The number of hydrogen-bond acceptors (Lipinski definition) is 3. The highest BCUT2D eigenvalue weighted by molar-refractivity contribution is 4.82. The molecule has 0 aromatic heterocycles. The predicted octanol–water partition coefficient (Wildman–Crippen LogP) is 1.40. The zero-order valence-electron chi connectivity index (χ0n) is 11.8. The number of nitrogens with zero attached hydrogens (tertiary/aromatic N) is 2. The van der Waals surface area contributed by atoms with Crippen molar-refractivity contribution in [3.05, 3.63) is 0 Å². The van der Waals surface area contributed by atoms with Crippen LogP contribution in [-0.4, -0.2) is 62.2 Å². The van der Waals surface area contributed by atoms with Crippen molar-refractivity contribution < 1.29 is 0 Å². The Labute approximate surface area is 107 Å². The summed E-state index contributed by atoms with van der Waals surface area (Å²) < 4.78 is 0. The number of nitrogens with one attached hydrogen (secondary N) is 1. The maximum Gasteiger partial charge on any atom is 0.0220 e. The molecule has 2 fully saturated rings. The fraction of sp³-hybridized carbons (Fsp3) is 1.00. The van der Waals surface area contributed by atoms with Gasteiger partial charge in [0.15, 0.2) is 0 Å². The zero-order valence-corrected chi connectivity index (χ0v) is 11.8. The molecule has 0 aliphatic carbocycles. The molecular formula is C14H29N3. The highest BCUT2D eigenvalue weighted by Crippen LogP contribution is 2.18. The lowest BCUT2D eigenvalue weighted by Crippen LogP contribution is -2.47. The van der Waals surface area contributed by atoms with Crippen LogP contribution in [0.3, 0.4) is 0 Å². The molecule has 17 heavy (non-hydrogen) atoms. The third-order valence-corrected chi connectivity index (χ3v) is 4.48. The van der Waals surface area contributed by atoms with Crippen LogP contribution in [0.25, 0.3) is 0 Å². The molecule has 0 bridgehead atoms. The molecule has 0 radical (unpaired) electrons. The van der Waals surface area contributed by atoms with Crippen LogP contribution < -0.4 is 5.32 Å². The van der Waals surface area contributed by atoms with Gasteiger partial charge in [-0.15, -0.1) is 0 Å². The van der Waals surface area contributed by atoms with E-state index in [9.17, 15) is 0 Å². The fourth-order valence-corrected chi connectivity index (χ4v) is 3.38. The van der Waals surface area contributed by atoms with E-state index in [-0.39, 0.29) is 0 Å². The van der Waals surface area contributed by atoms with Crippen molar-refractivity contribution in [2.24, 2.45) is 5.92 Å². The molecule has 100 valence electrons. The first-order chi connectivity index (χ1) is 8.15. The van der Waals surface area contributed by atoms with E-state index in [4.69, 9.17) is 0 Å². The van der Waals surface area contributed by atoms with Gasteiger partial charge in [-0.05, 0) is 58.8 Å². The van der Waals surface area contributed by atoms with Gasteiger partial charge in [0.25, 0.3) is 0 Å². The van der Waals surface area contributed by atoms with Gasteiger partial charge in [0, 0.05) is 25.2 Å². The quantitative estimate of drug-likeness (QED) is 0.800. The Bertz CT molecular complexity index is 232. The molecule has 3 atom stereocenters. The van der Waals surface area contributed by atoms with Crippen LogP contribution in [0, 0.1) is 5.92 Å². The Morgan fingerprint density at radius 2 is 2.12 bits per heavy atom. The van der Waals surface area contributed by atoms with E-state index in [1.54, 1.807) is 0 Å². The first-order valence-corrected chi connectivity index (χ1v) is 7.27. The fourth-order valence-electron chi connectivity index (χ4n) is 3.38. The van der Waals surface area contributed by atoms with Crippen molar-refractivity contribution in [2.75, 3.05) is 40.3 Å². The first kappa shape index (κ1) is 13.3. The SMILES string of the molecule is CC1CCNC(CN(C)CC2CCCN2C)C1. The van der Waals surface area contributed by atoms with Crippen LogP contribution in [-0.2, 0) is 0 Å². The second-order valence-corrected chi connectivity index (χ2v) is 6.28. The Balaban J connectivity index is 1.71. The van der Waals surface area contributed by atoms with Gasteiger partial charge in [-0.2, -0.15) is 0 Å². The molecule has 2 aliphatic heterocycles. The summed E-state index contributed by atoms with van der Waals surface area (Å²) >= 11 is 0. The molecule has 3 nitrogen and oxygen atoms in total. The molecule has 0 aromatic rings. The highest BCUT2D eigenvalue weighted by Gasteiger charge is 2.24. The van der Waals surface area contributed by atoms with Gasteiger partial charge in [0.2, 0.25) is 0 Å². The molecule has 2 aliphatic rings. The van der Waals surface area contributed by atoms with Crippen LogP contribution in [0.2, 0.25) is 0 Å². The standard InChI is InChI=1S/C14H29N3/c1-12-6-7-15-13(9-12)10-16(2)11-14-5-4-8-17(14)3/h12-15H,4-11H2,1-3H3. The molecule has 0 aromatic carbocycles. The minimum atomic E-state index is 0.718. The molecular weight excluding hydrogens is 210 g/mol. The first-order valence-electron chi connectivity index (χ1n) is 7.27. The average Bonchev–Trinajstić information content (AvgIpc) is 2.64. The second kappa shape index (κ2) is 6.17. The summed E-state index contributed by atoms with van der Waals surface area (Å²) in [5, 5.41) is 3.66.